The summed E-state index contributed by atoms with van der Waals surface area (Å²) < 4.78 is 0. The van der Waals surface area contributed by atoms with Gasteiger partial charge in [0.15, 0.2) is 0 Å². The van der Waals surface area contributed by atoms with E-state index in [1.165, 1.54) is 0 Å². The van der Waals surface area contributed by atoms with E-state index in [1.54, 1.807) is 11.8 Å². The van der Waals surface area contributed by atoms with Gasteiger partial charge in [0.2, 0.25) is 5.91 Å². The molecule has 0 aromatic carbocycles. The van der Waals surface area contributed by atoms with Gasteiger partial charge in [0, 0.05) is 12.1 Å². The standard InChI is InChI=1S/C11H22N2OS.ClH/c1-2-6-15-8-11(14)13-10-5-3-4-9(12)7-10;/h9-10H,2-8,12H2,1H3,(H,13,14);1H. The van der Waals surface area contributed by atoms with E-state index in [4.69, 9.17) is 5.73 Å². The fourth-order valence-electron chi connectivity index (χ4n) is 1.94. The zero-order chi connectivity index (χ0) is 11.1. The summed E-state index contributed by atoms with van der Waals surface area (Å²) in [5.41, 5.74) is 5.87. The Kier molecular flexibility index (Phi) is 9.18. The van der Waals surface area contributed by atoms with Gasteiger partial charge >= 0.3 is 0 Å². The lowest BCUT2D eigenvalue weighted by Crippen LogP contribution is -2.42. The number of carbonyl (C=O) groups excluding carboxylic acids is 1. The normalized spacial score (nSPS) is 24.6. The molecule has 0 radical (unpaired) electrons. The van der Waals surface area contributed by atoms with Crippen LogP contribution in [0.5, 0.6) is 0 Å². The Morgan fingerprint density at radius 1 is 1.50 bits per heavy atom. The Balaban J connectivity index is 0.00000225. The molecule has 0 aromatic rings. The number of amides is 1. The molecule has 96 valence electrons. The zero-order valence-corrected chi connectivity index (χ0v) is 11.5. The number of thioether (sulfide) groups is 1. The molecule has 1 rings (SSSR count). The van der Waals surface area contributed by atoms with Gasteiger partial charge < -0.3 is 11.1 Å². The molecule has 3 N–H and O–H groups in total. The molecule has 5 heteroatoms. The van der Waals surface area contributed by atoms with Crippen LogP contribution in [-0.4, -0.2) is 29.5 Å². The fourth-order valence-corrected chi connectivity index (χ4v) is 2.64. The van der Waals surface area contributed by atoms with Gasteiger partial charge in [-0.15, -0.1) is 12.4 Å². The van der Waals surface area contributed by atoms with E-state index in [1.807, 2.05) is 0 Å². The van der Waals surface area contributed by atoms with Crippen LogP contribution in [0.25, 0.3) is 0 Å². The molecule has 3 nitrogen and oxygen atoms in total. The van der Waals surface area contributed by atoms with Gasteiger partial charge in [-0.2, -0.15) is 11.8 Å². The first kappa shape index (κ1) is 16.1. The van der Waals surface area contributed by atoms with E-state index < -0.39 is 0 Å². The Labute approximate surface area is 109 Å². The highest BCUT2D eigenvalue weighted by atomic mass is 35.5. The van der Waals surface area contributed by atoms with Gasteiger partial charge in [0.25, 0.3) is 0 Å². The van der Waals surface area contributed by atoms with Crippen molar-refractivity contribution in [3.8, 4) is 0 Å². The third kappa shape index (κ3) is 6.61. The summed E-state index contributed by atoms with van der Waals surface area (Å²) in [5, 5.41) is 3.07. The maximum Gasteiger partial charge on any atom is 0.230 e. The highest BCUT2D eigenvalue weighted by Crippen LogP contribution is 2.17. The number of rotatable bonds is 5. The maximum atomic E-state index is 11.5. The van der Waals surface area contributed by atoms with Crippen LogP contribution >= 0.6 is 24.2 Å². The molecule has 0 heterocycles. The molecule has 0 aliphatic heterocycles. The van der Waals surface area contributed by atoms with Gasteiger partial charge in [-0.25, -0.2) is 0 Å². The summed E-state index contributed by atoms with van der Waals surface area (Å²) in [4.78, 5) is 11.5. The minimum absolute atomic E-state index is 0. The van der Waals surface area contributed by atoms with E-state index in [9.17, 15) is 4.79 Å². The molecule has 0 bridgehead atoms. The Morgan fingerprint density at radius 2 is 2.25 bits per heavy atom. The first-order chi connectivity index (χ1) is 7.22. The van der Waals surface area contributed by atoms with Crippen LogP contribution in [0.3, 0.4) is 0 Å². The highest BCUT2D eigenvalue weighted by Gasteiger charge is 2.20. The average Bonchev–Trinajstić information content (AvgIpc) is 2.18. The smallest absolute Gasteiger partial charge is 0.230 e. The Morgan fingerprint density at radius 3 is 2.88 bits per heavy atom. The van der Waals surface area contributed by atoms with Crippen molar-refractivity contribution < 1.29 is 4.79 Å². The molecule has 1 fully saturated rings. The number of carbonyl (C=O) groups is 1. The van der Waals surface area contributed by atoms with Gasteiger partial charge in [-0.05, 0) is 37.9 Å². The Hall–Kier alpha value is 0.0700. The molecule has 1 aliphatic carbocycles. The lowest BCUT2D eigenvalue weighted by Gasteiger charge is -2.27. The second-order valence-electron chi connectivity index (χ2n) is 4.24. The van der Waals surface area contributed by atoms with Crippen LogP contribution in [0.1, 0.15) is 39.0 Å². The zero-order valence-electron chi connectivity index (χ0n) is 9.91. The van der Waals surface area contributed by atoms with Crippen LogP contribution in [0.15, 0.2) is 0 Å². The minimum Gasteiger partial charge on any atom is -0.353 e. The van der Waals surface area contributed by atoms with E-state index in [2.05, 4.69) is 12.2 Å². The second-order valence-corrected chi connectivity index (χ2v) is 5.35. The molecule has 0 aromatic heterocycles. The second kappa shape index (κ2) is 9.14. The summed E-state index contributed by atoms with van der Waals surface area (Å²) in [6.45, 7) is 2.13. The first-order valence-electron chi connectivity index (χ1n) is 5.85. The summed E-state index contributed by atoms with van der Waals surface area (Å²) in [5.74, 6) is 1.84. The Bertz CT molecular complexity index is 204. The minimum atomic E-state index is 0. The number of halogens is 1. The van der Waals surface area contributed by atoms with Crippen LogP contribution < -0.4 is 11.1 Å². The monoisotopic (exact) mass is 266 g/mol. The lowest BCUT2D eigenvalue weighted by molar-refractivity contribution is -0.119. The van der Waals surface area contributed by atoms with E-state index in [0.717, 1.165) is 37.9 Å². The molecule has 2 atom stereocenters. The summed E-state index contributed by atoms with van der Waals surface area (Å²) in [7, 11) is 0. The molecule has 1 amide bonds. The highest BCUT2D eigenvalue weighted by molar-refractivity contribution is 7.99. The number of hydrogen-bond acceptors (Lipinski definition) is 3. The molecule has 1 aliphatic rings. The van der Waals surface area contributed by atoms with Crippen molar-refractivity contribution in [2.75, 3.05) is 11.5 Å². The van der Waals surface area contributed by atoms with Crippen LogP contribution in [-0.2, 0) is 4.79 Å². The molecular formula is C11H23ClN2OS. The summed E-state index contributed by atoms with van der Waals surface area (Å²) in [6.07, 6.45) is 5.43. The van der Waals surface area contributed by atoms with Gasteiger partial charge in [-0.3, -0.25) is 4.79 Å². The molecule has 16 heavy (non-hydrogen) atoms. The van der Waals surface area contributed by atoms with Gasteiger partial charge in [0.1, 0.15) is 0 Å². The average molecular weight is 267 g/mol. The van der Waals surface area contributed by atoms with E-state index >= 15 is 0 Å². The predicted octanol–water partition coefficient (Wildman–Crippen LogP) is 1.94. The van der Waals surface area contributed by atoms with Crippen LogP contribution in [0.4, 0.5) is 0 Å². The molecule has 0 spiro atoms. The molecular weight excluding hydrogens is 244 g/mol. The van der Waals surface area contributed by atoms with Crippen molar-refractivity contribution >= 4 is 30.1 Å². The fraction of sp³-hybridized carbons (Fsp3) is 0.909. The van der Waals surface area contributed by atoms with Crippen molar-refractivity contribution in [1.82, 2.24) is 5.32 Å². The van der Waals surface area contributed by atoms with Crippen LogP contribution in [0, 0.1) is 0 Å². The van der Waals surface area contributed by atoms with Crippen LogP contribution in [0.2, 0.25) is 0 Å². The largest absolute Gasteiger partial charge is 0.353 e. The van der Waals surface area contributed by atoms with Gasteiger partial charge in [-0.1, -0.05) is 6.92 Å². The summed E-state index contributed by atoms with van der Waals surface area (Å²) in [6, 6.07) is 0.607. The number of nitrogens with two attached hydrogens (primary N) is 1. The van der Waals surface area contributed by atoms with Crippen molar-refractivity contribution in [1.29, 1.82) is 0 Å². The quantitative estimate of drug-likeness (QED) is 0.748. The molecule has 0 saturated heterocycles. The van der Waals surface area contributed by atoms with E-state index in [-0.39, 0.29) is 24.4 Å². The van der Waals surface area contributed by atoms with Crippen molar-refractivity contribution in [3.05, 3.63) is 0 Å². The third-order valence-corrected chi connectivity index (χ3v) is 3.82. The van der Waals surface area contributed by atoms with Crippen molar-refractivity contribution in [2.45, 2.75) is 51.1 Å². The van der Waals surface area contributed by atoms with Gasteiger partial charge in [0.05, 0.1) is 5.75 Å². The number of hydrogen-bond donors (Lipinski definition) is 2. The molecule has 1 saturated carbocycles. The maximum absolute atomic E-state index is 11.5. The first-order valence-corrected chi connectivity index (χ1v) is 7.00. The summed E-state index contributed by atoms with van der Waals surface area (Å²) >= 11 is 1.71. The van der Waals surface area contributed by atoms with Crippen molar-refractivity contribution in [3.63, 3.8) is 0 Å². The SMILES string of the molecule is CCCSCC(=O)NC1CCCC(N)C1.Cl. The topological polar surface area (TPSA) is 55.1 Å². The lowest BCUT2D eigenvalue weighted by atomic mass is 9.92. The van der Waals surface area contributed by atoms with E-state index in [0.29, 0.717) is 11.8 Å². The molecule has 2 unspecified atom stereocenters. The predicted molar refractivity (Wildman–Crippen MR) is 73.2 cm³/mol. The third-order valence-electron chi connectivity index (χ3n) is 2.66. The number of nitrogens with one attached hydrogen (secondary N) is 1. The van der Waals surface area contributed by atoms with Crippen molar-refractivity contribution in [2.24, 2.45) is 5.73 Å².